The topological polar surface area (TPSA) is 291 Å². The summed E-state index contributed by atoms with van der Waals surface area (Å²) in [5, 5.41) is 41.1. The Morgan fingerprint density at radius 3 is 1.22 bits per heavy atom. The van der Waals surface area contributed by atoms with E-state index in [-0.39, 0.29) is 19.0 Å². The Kier molecular flexibility index (Phi) is 34.7. The van der Waals surface area contributed by atoms with E-state index in [9.17, 15) is 44.0 Å². The first kappa shape index (κ1) is 59.0. The average molecular weight is 908 g/mol. The van der Waals surface area contributed by atoms with Gasteiger partial charge in [0.2, 0.25) is 0 Å². The highest BCUT2D eigenvalue weighted by Gasteiger charge is 2.54. The number of carbonyl (C=O) groups excluding carboxylic acids is 2. The lowest BCUT2D eigenvalue weighted by molar-refractivity contribution is -0.216. The van der Waals surface area contributed by atoms with Crippen molar-refractivity contribution in [2.45, 2.75) is 236 Å². The van der Waals surface area contributed by atoms with Crippen LogP contribution in [-0.4, -0.2) is 103 Å². The van der Waals surface area contributed by atoms with E-state index in [4.69, 9.17) is 28.3 Å². The van der Waals surface area contributed by atoms with Gasteiger partial charge in [0.05, 0.1) is 6.61 Å². The van der Waals surface area contributed by atoms with E-state index >= 15 is 0 Å². The van der Waals surface area contributed by atoms with Crippen LogP contribution in [0.25, 0.3) is 0 Å². The molecule has 60 heavy (non-hydrogen) atoms. The van der Waals surface area contributed by atoms with Gasteiger partial charge in [-0.1, -0.05) is 168 Å². The van der Waals surface area contributed by atoms with Gasteiger partial charge in [-0.25, -0.2) is 9.13 Å². The number of ether oxygens (including phenoxy) is 2. The number of hydrogen-bond donors (Lipinski definition) is 8. The van der Waals surface area contributed by atoms with Gasteiger partial charge < -0.3 is 50.7 Å². The molecule has 0 aromatic rings. The highest BCUT2D eigenvalue weighted by molar-refractivity contribution is 7.47. The molecule has 0 radical (unpaired) electrons. The number of esters is 2. The quantitative estimate of drug-likeness (QED) is 0.0165. The number of unbranched alkanes of at least 4 members (excludes halogenated alkanes) is 24. The summed E-state index contributed by atoms with van der Waals surface area (Å²) < 4.78 is 49.3. The van der Waals surface area contributed by atoms with E-state index in [1.54, 1.807) is 0 Å². The Bertz CT molecular complexity index is 1180. The second kappa shape index (κ2) is 35.3. The summed E-state index contributed by atoms with van der Waals surface area (Å²) in [6, 6.07) is 0. The molecule has 0 heterocycles. The van der Waals surface area contributed by atoms with Crippen molar-refractivity contribution in [2.75, 3.05) is 13.2 Å². The van der Waals surface area contributed by atoms with Gasteiger partial charge in [-0.15, -0.1) is 0 Å². The molecule has 0 bridgehead atoms. The van der Waals surface area contributed by atoms with Gasteiger partial charge in [0.1, 0.15) is 43.2 Å². The van der Waals surface area contributed by atoms with Gasteiger partial charge in [0.25, 0.3) is 0 Å². The Hall–Kier alpha value is -1.04. The summed E-state index contributed by atoms with van der Waals surface area (Å²) in [5.74, 6) is -1.19. The van der Waals surface area contributed by atoms with E-state index in [0.717, 1.165) is 51.4 Å². The zero-order chi connectivity index (χ0) is 43.9. The van der Waals surface area contributed by atoms with Crippen molar-refractivity contribution < 1.29 is 76.9 Å². The molecule has 1 saturated carbocycles. The van der Waals surface area contributed by atoms with Crippen molar-refractivity contribution >= 4 is 27.6 Å². The number of carbonyl (C=O) groups is 2. The molecular weight excluding hydrogens is 824 g/mol. The third kappa shape index (κ3) is 29.3. The molecule has 1 aliphatic rings. The number of phosphoric acid groups is 2. The van der Waals surface area contributed by atoms with Crippen LogP contribution in [-0.2, 0) is 41.8 Å². The summed E-state index contributed by atoms with van der Waals surface area (Å²) in [4.78, 5) is 54.1. The zero-order valence-electron chi connectivity index (χ0n) is 36.7. The van der Waals surface area contributed by atoms with Gasteiger partial charge in [-0.05, 0) is 12.8 Å². The normalized spacial score (nSPS) is 22.1. The number of rotatable bonds is 38. The third-order valence-electron chi connectivity index (χ3n) is 10.7. The summed E-state index contributed by atoms with van der Waals surface area (Å²) in [5.41, 5.74) is 0. The van der Waals surface area contributed by atoms with E-state index in [1.165, 1.54) is 103 Å². The average Bonchev–Trinajstić information content (AvgIpc) is 3.18. The van der Waals surface area contributed by atoms with Gasteiger partial charge in [-0.3, -0.25) is 23.2 Å². The molecule has 1 fully saturated rings. The van der Waals surface area contributed by atoms with E-state index < -0.39 is 83.5 Å². The zero-order valence-corrected chi connectivity index (χ0v) is 38.4. The first-order valence-corrected chi connectivity index (χ1v) is 25.6. The molecule has 0 aromatic carbocycles. The van der Waals surface area contributed by atoms with E-state index in [1.807, 2.05) is 0 Å². The van der Waals surface area contributed by atoms with Crippen LogP contribution in [0.15, 0.2) is 0 Å². The number of aliphatic hydroxyl groups is 4. The summed E-state index contributed by atoms with van der Waals surface area (Å²) in [7, 11) is -10.6. The van der Waals surface area contributed by atoms with Crippen LogP contribution in [0, 0.1) is 0 Å². The summed E-state index contributed by atoms with van der Waals surface area (Å²) >= 11 is 0. The third-order valence-corrected chi connectivity index (χ3v) is 12.2. The molecule has 1 aliphatic carbocycles. The highest BCUT2D eigenvalue weighted by Crippen LogP contribution is 2.49. The van der Waals surface area contributed by atoms with Crippen molar-refractivity contribution in [1.29, 1.82) is 0 Å². The number of aliphatic hydroxyl groups excluding tert-OH is 4. The van der Waals surface area contributed by atoms with E-state index in [0.29, 0.717) is 12.8 Å². The first-order chi connectivity index (χ1) is 28.1. The van der Waals surface area contributed by atoms with Crippen molar-refractivity contribution in [3.8, 4) is 0 Å². The summed E-state index contributed by atoms with van der Waals surface area (Å²) in [6.07, 6.45) is 15.0. The minimum atomic E-state index is -5.35. The summed E-state index contributed by atoms with van der Waals surface area (Å²) in [6.45, 7) is 3.11. The molecule has 17 nitrogen and oxygen atoms in total. The molecule has 0 saturated heterocycles. The molecule has 8 atom stereocenters. The Labute approximate surface area is 359 Å². The lowest BCUT2D eigenvalue weighted by Crippen LogP contribution is -2.64. The van der Waals surface area contributed by atoms with Crippen molar-refractivity contribution in [3.05, 3.63) is 0 Å². The largest absolute Gasteiger partial charge is 0.472 e. The second-order valence-electron chi connectivity index (χ2n) is 16.1. The van der Waals surface area contributed by atoms with Crippen molar-refractivity contribution in [1.82, 2.24) is 6.15 Å². The van der Waals surface area contributed by atoms with Gasteiger partial charge in [0, 0.05) is 12.8 Å². The van der Waals surface area contributed by atoms with Crippen LogP contribution in [0.1, 0.15) is 194 Å². The molecular formula is C41H83NO16P2. The number of phosphoric ester groups is 2. The molecule has 8 unspecified atom stereocenters. The predicted octanol–water partition coefficient (Wildman–Crippen LogP) is 8.00. The highest BCUT2D eigenvalue weighted by atomic mass is 31.2. The molecule has 0 aliphatic heterocycles. The molecule has 0 amide bonds. The first-order valence-electron chi connectivity index (χ1n) is 22.6. The van der Waals surface area contributed by atoms with Crippen LogP contribution < -0.4 is 6.15 Å². The maximum atomic E-state index is 12.9. The Balaban J connectivity index is 0.0000348. The van der Waals surface area contributed by atoms with Crippen molar-refractivity contribution in [3.63, 3.8) is 0 Å². The molecule has 1 rings (SSSR count). The van der Waals surface area contributed by atoms with Crippen LogP contribution in [0.3, 0.4) is 0 Å². The molecule has 19 heteroatoms. The molecule has 10 N–H and O–H groups in total. The van der Waals surface area contributed by atoms with Crippen molar-refractivity contribution in [2.24, 2.45) is 0 Å². The predicted molar refractivity (Wildman–Crippen MR) is 228 cm³/mol. The van der Waals surface area contributed by atoms with Gasteiger partial charge >= 0.3 is 27.6 Å². The van der Waals surface area contributed by atoms with Crippen LogP contribution in [0.4, 0.5) is 0 Å². The maximum absolute atomic E-state index is 12.9. The maximum Gasteiger partial charge on any atom is 0.472 e. The molecule has 0 aromatic heterocycles. The fraction of sp³-hybridized carbons (Fsp3) is 0.951. The van der Waals surface area contributed by atoms with Crippen LogP contribution in [0.2, 0.25) is 0 Å². The lowest BCUT2D eigenvalue weighted by Gasteiger charge is -2.43. The van der Waals surface area contributed by atoms with Crippen LogP contribution >= 0.6 is 15.6 Å². The fourth-order valence-corrected chi connectivity index (χ4v) is 8.68. The SMILES string of the molecule is CCCCCCCCCCCCCCCC(=O)OCC(COP(=O)(O)OC1C(O)C(O)C(O)C(OP(=O)(O)O)C1O)OC(=O)CCCCCCCCCCCCCCC.N. The molecule has 358 valence electrons. The second-order valence-corrected chi connectivity index (χ2v) is 18.7. The monoisotopic (exact) mass is 908 g/mol. The Morgan fingerprint density at radius 2 is 0.833 bits per heavy atom. The standard InChI is InChI=1S/C41H80O16P2.H3N/c1-3-5-7-9-11-13-15-17-19-21-23-25-27-29-34(42)53-31-33(55-35(43)30-28-26-24-22-20-18-16-14-12-10-8-6-4-2)32-54-59(51,52)57-41-38(46)36(44)37(45)40(39(41)47)56-58(48,49)50;/h33,36-41,44-47H,3-32H2,1-2H3,(H,51,52)(H2,48,49,50);1H3. The van der Waals surface area contributed by atoms with Crippen LogP contribution in [0.5, 0.6) is 0 Å². The van der Waals surface area contributed by atoms with Gasteiger partial charge in [-0.2, -0.15) is 0 Å². The Morgan fingerprint density at radius 1 is 0.483 bits per heavy atom. The lowest BCUT2D eigenvalue weighted by atomic mass is 9.85. The smallest absolute Gasteiger partial charge is 0.462 e. The molecule has 0 spiro atoms. The minimum Gasteiger partial charge on any atom is -0.462 e. The fourth-order valence-electron chi connectivity index (χ4n) is 7.14. The number of hydrogen-bond acceptors (Lipinski definition) is 14. The van der Waals surface area contributed by atoms with Gasteiger partial charge in [0.15, 0.2) is 6.10 Å². The van der Waals surface area contributed by atoms with E-state index in [2.05, 4.69) is 18.4 Å². The minimum absolute atomic E-state index is 0.